The van der Waals surface area contributed by atoms with E-state index in [9.17, 15) is 13.2 Å². The molecule has 2 aromatic rings. The van der Waals surface area contributed by atoms with Crippen molar-refractivity contribution in [2.45, 2.75) is 26.2 Å². The van der Waals surface area contributed by atoms with Gasteiger partial charge in [-0.1, -0.05) is 35.9 Å². The molecule has 2 aromatic carbocycles. The van der Waals surface area contributed by atoms with Crippen molar-refractivity contribution >= 4 is 5.97 Å². The fraction of sp³-hybridized carbons (Fsp3) is 0.381. The number of halogens is 3. The van der Waals surface area contributed by atoms with Gasteiger partial charge in [-0.05, 0) is 25.6 Å². The van der Waals surface area contributed by atoms with Gasteiger partial charge in [0.1, 0.15) is 0 Å². The molecule has 0 radical (unpaired) electrons. The molecule has 0 aliphatic rings. The van der Waals surface area contributed by atoms with E-state index in [4.69, 9.17) is 24.1 Å². The summed E-state index contributed by atoms with van der Waals surface area (Å²) in [5, 5.41) is 7.12. The lowest BCUT2D eigenvalue weighted by molar-refractivity contribution is -0.192. The third-order valence-corrected chi connectivity index (χ3v) is 4.04. The highest BCUT2D eigenvalue weighted by Gasteiger charge is 2.38. The van der Waals surface area contributed by atoms with E-state index in [1.165, 1.54) is 11.1 Å². The van der Waals surface area contributed by atoms with Gasteiger partial charge in [0.25, 0.3) is 0 Å². The molecule has 30 heavy (non-hydrogen) atoms. The molecule has 0 unspecified atom stereocenters. The number of carboxylic acid groups (broad SMARTS) is 1. The number of rotatable bonds is 7. The van der Waals surface area contributed by atoms with Gasteiger partial charge in [-0.15, -0.1) is 0 Å². The van der Waals surface area contributed by atoms with E-state index in [0.29, 0.717) is 11.5 Å². The van der Waals surface area contributed by atoms with Crippen molar-refractivity contribution in [3.8, 4) is 17.2 Å². The summed E-state index contributed by atoms with van der Waals surface area (Å²) in [5.41, 5.74) is 3.63. The Hall–Kier alpha value is -2.94. The number of hydrogen-bond donors (Lipinski definition) is 1. The summed E-state index contributed by atoms with van der Waals surface area (Å²) in [6, 6.07) is 12.5. The first kappa shape index (κ1) is 25.1. The molecular formula is C21H26F3NO5. The average Bonchev–Trinajstić information content (AvgIpc) is 2.68. The molecule has 0 aromatic heterocycles. The number of aryl methyl sites for hydroxylation is 1. The molecule has 0 fully saturated rings. The first-order valence-corrected chi connectivity index (χ1v) is 8.85. The van der Waals surface area contributed by atoms with Crippen LogP contribution in [0.3, 0.4) is 0 Å². The summed E-state index contributed by atoms with van der Waals surface area (Å²) in [5.74, 6) is -0.722. The number of methoxy groups -OCH3 is 3. The Morgan fingerprint density at radius 3 is 1.90 bits per heavy atom. The lowest BCUT2D eigenvalue weighted by Gasteiger charge is -2.21. The molecule has 0 aliphatic carbocycles. The van der Waals surface area contributed by atoms with Crippen molar-refractivity contribution in [3.63, 3.8) is 0 Å². The van der Waals surface area contributed by atoms with E-state index < -0.39 is 12.1 Å². The highest BCUT2D eigenvalue weighted by molar-refractivity contribution is 5.73. The Morgan fingerprint density at radius 2 is 1.47 bits per heavy atom. The van der Waals surface area contributed by atoms with Gasteiger partial charge in [0, 0.05) is 18.7 Å². The molecule has 0 amide bonds. The first-order valence-electron chi connectivity index (χ1n) is 8.85. The van der Waals surface area contributed by atoms with Gasteiger partial charge in [-0.3, -0.25) is 4.90 Å². The zero-order chi connectivity index (χ0) is 22.9. The molecule has 0 saturated carbocycles. The molecular weight excluding hydrogens is 403 g/mol. The molecule has 0 atom stereocenters. The Bertz CT molecular complexity index is 823. The predicted molar refractivity (Wildman–Crippen MR) is 106 cm³/mol. The molecule has 1 N–H and O–H groups in total. The molecule has 0 heterocycles. The number of carbonyl (C=O) groups is 1. The lowest BCUT2D eigenvalue weighted by atomic mass is 10.1. The van der Waals surface area contributed by atoms with Crippen LogP contribution >= 0.6 is 0 Å². The third-order valence-electron chi connectivity index (χ3n) is 4.04. The number of aliphatic carboxylic acids is 1. The smallest absolute Gasteiger partial charge is 0.490 e. The zero-order valence-electron chi connectivity index (χ0n) is 17.5. The van der Waals surface area contributed by atoms with Crippen molar-refractivity contribution < 1.29 is 37.3 Å². The van der Waals surface area contributed by atoms with Crippen molar-refractivity contribution in [1.29, 1.82) is 0 Å². The molecule has 9 heteroatoms. The highest BCUT2D eigenvalue weighted by Crippen LogP contribution is 2.40. The standard InChI is InChI=1S/C19H25NO3.C2HF3O2/c1-14-6-8-15(9-7-14)12-20(2)13-16-10-11-17(21-3)19(23-5)18(16)22-4;3-2(4,5)1(6)7/h6-11H,12-13H2,1-5H3;(H,6,7). The topological polar surface area (TPSA) is 68.2 Å². The van der Waals surface area contributed by atoms with Crippen LogP contribution < -0.4 is 14.2 Å². The largest absolute Gasteiger partial charge is 0.493 e. The number of hydrogen-bond acceptors (Lipinski definition) is 5. The fourth-order valence-electron chi connectivity index (χ4n) is 2.64. The third kappa shape index (κ3) is 7.47. The normalized spacial score (nSPS) is 10.8. The second-order valence-electron chi connectivity index (χ2n) is 6.45. The van der Waals surface area contributed by atoms with Crippen molar-refractivity contribution in [2.24, 2.45) is 0 Å². The van der Waals surface area contributed by atoms with Crippen LogP contribution in [0.4, 0.5) is 13.2 Å². The van der Waals surface area contributed by atoms with E-state index in [0.717, 1.165) is 24.4 Å². The highest BCUT2D eigenvalue weighted by atomic mass is 19.4. The Balaban J connectivity index is 0.000000553. The maximum atomic E-state index is 10.6. The molecule has 2 rings (SSSR count). The number of benzene rings is 2. The summed E-state index contributed by atoms with van der Waals surface area (Å²) in [4.78, 5) is 11.1. The van der Waals surface area contributed by atoms with Gasteiger partial charge in [0.2, 0.25) is 5.75 Å². The van der Waals surface area contributed by atoms with E-state index in [-0.39, 0.29) is 0 Å². The molecule has 6 nitrogen and oxygen atoms in total. The van der Waals surface area contributed by atoms with Crippen LogP contribution in [-0.2, 0) is 17.9 Å². The van der Waals surface area contributed by atoms with E-state index in [1.54, 1.807) is 21.3 Å². The molecule has 0 bridgehead atoms. The lowest BCUT2D eigenvalue weighted by Crippen LogP contribution is -2.21. The summed E-state index contributed by atoms with van der Waals surface area (Å²) in [6.45, 7) is 3.73. The van der Waals surface area contributed by atoms with Crippen molar-refractivity contribution in [3.05, 3.63) is 53.1 Å². The minimum atomic E-state index is -5.08. The average molecular weight is 429 g/mol. The number of carboxylic acids is 1. The number of nitrogens with zero attached hydrogens (tertiary/aromatic N) is 1. The first-order chi connectivity index (χ1) is 14.0. The van der Waals surface area contributed by atoms with Crippen LogP contribution in [0.1, 0.15) is 16.7 Å². The molecule has 166 valence electrons. The zero-order valence-corrected chi connectivity index (χ0v) is 17.5. The van der Waals surface area contributed by atoms with Crippen LogP contribution in [0.5, 0.6) is 17.2 Å². The van der Waals surface area contributed by atoms with Gasteiger partial charge < -0.3 is 19.3 Å². The van der Waals surface area contributed by atoms with Crippen LogP contribution in [0.15, 0.2) is 36.4 Å². The van der Waals surface area contributed by atoms with Crippen LogP contribution in [0.2, 0.25) is 0 Å². The van der Waals surface area contributed by atoms with Gasteiger partial charge in [-0.2, -0.15) is 13.2 Å². The quantitative estimate of drug-likeness (QED) is 0.709. The fourth-order valence-corrected chi connectivity index (χ4v) is 2.64. The maximum absolute atomic E-state index is 10.6. The molecule has 0 saturated heterocycles. The van der Waals surface area contributed by atoms with E-state index >= 15 is 0 Å². The van der Waals surface area contributed by atoms with Gasteiger partial charge in [0.15, 0.2) is 11.5 Å². The van der Waals surface area contributed by atoms with E-state index in [1.807, 2.05) is 12.1 Å². The Kier molecular flexibility index (Phi) is 9.45. The van der Waals surface area contributed by atoms with Gasteiger partial charge in [0.05, 0.1) is 21.3 Å². The summed E-state index contributed by atoms with van der Waals surface area (Å²) in [7, 11) is 7.00. The van der Waals surface area contributed by atoms with Crippen LogP contribution in [0, 0.1) is 6.92 Å². The Morgan fingerprint density at radius 1 is 0.933 bits per heavy atom. The molecule has 0 aliphatic heterocycles. The monoisotopic (exact) mass is 429 g/mol. The van der Waals surface area contributed by atoms with Gasteiger partial charge in [-0.25, -0.2) is 4.79 Å². The predicted octanol–water partition coefficient (Wildman–Crippen LogP) is 4.29. The Labute approximate surface area is 173 Å². The van der Waals surface area contributed by atoms with Crippen LogP contribution in [-0.4, -0.2) is 50.5 Å². The summed E-state index contributed by atoms with van der Waals surface area (Å²) >= 11 is 0. The van der Waals surface area contributed by atoms with Gasteiger partial charge >= 0.3 is 12.1 Å². The van der Waals surface area contributed by atoms with Crippen LogP contribution in [0.25, 0.3) is 0 Å². The second-order valence-corrected chi connectivity index (χ2v) is 6.45. The summed E-state index contributed by atoms with van der Waals surface area (Å²) < 4.78 is 48.1. The maximum Gasteiger partial charge on any atom is 0.490 e. The second kappa shape index (κ2) is 11.3. The minimum absolute atomic E-state index is 0.635. The molecule has 0 spiro atoms. The SMILES string of the molecule is COc1ccc(CN(C)Cc2ccc(C)cc2)c(OC)c1OC.O=C(O)C(F)(F)F. The van der Waals surface area contributed by atoms with Crippen molar-refractivity contribution in [1.82, 2.24) is 4.90 Å². The van der Waals surface area contributed by atoms with Crippen molar-refractivity contribution in [2.75, 3.05) is 28.4 Å². The number of alkyl halides is 3. The minimum Gasteiger partial charge on any atom is -0.493 e. The number of ether oxygens (including phenoxy) is 3. The van der Waals surface area contributed by atoms with E-state index in [2.05, 4.69) is 43.1 Å². The summed E-state index contributed by atoms with van der Waals surface area (Å²) in [6.07, 6.45) is -5.08.